The Morgan fingerprint density at radius 1 is 0.750 bits per heavy atom. The van der Waals surface area contributed by atoms with E-state index in [4.69, 9.17) is 11.5 Å². The molecule has 0 saturated carbocycles. The van der Waals surface area contributed by atoms with Crippen molar-refractivity contribution in [2.75, 3.05) is 11.5 Å². The molecule has 2 aromatic rings. The minimum absolute atomic E-state index is 0.150. The summed E-state index contributed by atoms with van der Waals surface area (Å²) in [5.74, 6) is 0. The third-order valence-electron chi connectivity index (χ3n) is 2.82. The number of aliphatic hydroxyl groups is 2. The second-order valence-electron chi connectivity index (χ2n) is 4.29. The van der Waals surface area contributed by atoms with Crippen molar-refractivity contribution in [3.05, 3.63) is 47.5 Å². The highest BCUT2D eigenvalue weighted by atomic mass is 16.3. The minimum Gasteiger partial charge on any atom is -0.399 e. The van der Waals surface area contributed by atoms with Crippen LogP contribution in [0.15, 0.2) is 46.6 Å². The molecule has 20 heavy (non-hydrogen) atoms. The van der Waals surface area contributed by atoms with Gasteiger partial charge in [-0.05, 0) is 30.3 Å². The molecule has 0 saturated heterocycles. The SMILES string of the molecule is Nc1ccc(/N=N/c2cc(N)ccc2CO)c(CO)c1. The van der Waals surface area contributed by atoms with Crippen LogP contribution in [0.1, 0.15) is 11.1 Å². The summed E-state index contributed by atoms with van der Waals surface area (Å²) < 4.78 is 0. The molecule has 6 N–H and O–H groups in total. The van der Waals surface area contributed by atoms with Crippen molar-refractivity contribution in [1.29, 1.82) is 0 Å². The van der Waals surface area contributed by atoms with Crippen molar-refractivity contribution in [3.63, 3.8) is 0 Å². The average molecular weight is 272 g/mol. The zero-order valence-corrected chi connectivity index (χ0v) is 10.8. The number of anilines is 2. The van der Waals surface area contributed by atoms with Crippen LogP contribution in [0.25, 0.3) is 0 Å². The number of benzene rings is 2. The summed E-state index contributed by atoms with van der Waals surface area (Å²) in [7, 11) is 0. The Balaban J connectivity index is 2.36. The summed E-state index contributed by atoms with van der Waals surface area (Å²) in [6.45, 7) is -0.327. The molecule has 6 nitrogen and oxygen atoms in total. The van der Waals surface area contributed by atoms with E-state index in [1.165, 1.54) is 0 Å². The van der Waals surface area contributed by atoms with E-state index in [-0.39, 0.29) is 13.2 Å². The summed E-state index contributed by atoms with van der Waals surface area (Å²) in [5.41, 5.74) is 14.6. The van der Waals surface area contributed by atoms with E-state index in [0.29, 0.717) is 33.9 Å². The number of hydrogen-bond acceptors (Lipinski definition) is 6. The molecule has 0 heterocycles. The summed E-state index contributed by atoms with van der Waals surface area (Å²) >= 11 is 0. The standard InChI is InChI=1S/C14H16N4O2/c15-11-3-4-13(10(5-11)8-20)17-18-14-6-12(16)2-1-9(14)7-19/h1-6,19-20H,7-8,15-16H2/b18-17+. The number of nitrogens with zero attached hydrogens (tertiary/aromatic N) is 2. The van der Waals surface area contributed by atoms with Crippen molar-refractivity contribution in [3.8, 4) is 0 Å². The fraction of sp³-hybridized carbons (Fsp3) is 0.143. The summed E-state index contributed by atoms with van der Waals surface area (Å²) in [5, 5.41) is 26.7. The fourth-order valence-corrected chi connectivity index (χ4v) is 1.75. The molecule has 0 spiro atoms. The fourth-order valence-electron chi connectivity index (χ4n) is 1.75. The average Bonchev–Trinajstić information content (AvgIpc) is 2.46. The molecule has 0 bridgehead atoms. The minimum atomic E-state index is -0.177. The van der Waals surface area contributed by atoms with Crippen molar-refractivity contribution in [2.24, 2.45) is 10.2 Å². The zero-order valence-electron chi connectivity index (χ0n) is 10.8. The molecule has 0 amide bonds. The van der Waals surface area contributed by atoms with Gasteiger partial charge in [0.25, 0.3) is 0 Å². The lowest BCUT2D eigenvalue weighted by atomic mass is 10.1. The van der Waals surface area contributed by atoms with Crippen LogP contribution >= 0.6 is 0 Å². The predicted octanol–water partition coefficient (Wildman–Crippen LogP) is 2.25. The maximum atomic E-state index is 9.27. The van der Waals surface area contributed by atoms with Crippen LogP contribution in [-0.4, -0.2) is 10.2 Å². The normalized spacial score (nSPS) is 11.1. The van der Waals surface area contributed by atoms with Gasteiger partial charge >= 0.3 is 0 Å². The van der Waals surface area contributed by atoms with Crippen LogP contribution in [0.3, 0.4) is 0 Å². The highest BCUT2D eigenvalue weighted by molar-refractivity contribution is 5.57. The molecule has 0 aliphatic heterocycles. The summed E-state index contributed by atoms with van der Waals surface area (Å²) in [4.78, 5) is 0. The van der Waals surface area contributed by atoms with Gasteiger partial charge in [-0.3, -0.25) is 0 Å². The van der Waals surface area contributed by atoms with Gasteiger partial charge in [0.1, 0.15) is 0 Å². The van der Waals surface area contributed by atoms with Gasteiger partial charge in [0.2, 0.25) is 0 Å². The molecule has 6 heteroatoms. The van der Waals surface area contributed by atoms with Gasteiger partial charge in [-0.1, -0.05) is 6.07 Å². The van der Waals surface area contributed by atoms with E-state index >= 15 is 0 Å². The third kappa shape index (κ3) is 3.11. The molecule has 0 radical (unpaired) electrons. The first-order valence-corrected chi connectivity index (χ1v) is 6.04. The van der Waals surface area contributed by atoms with E-state index in [0.717, 1.165) is 0 Å². The van der Waals surface area contributed by atoms with Crippen LogP contribution in [-0.2, 0) is 13.2 Å². The maximum Gasteiger partial charge on any atom is 0.0932 e. The molecule has 0 aliphatic carbocycles. The van der Waals surface area contributed by atoms with E-state index in [1.807, 2.05) is 0 Å². The first kappa shape index (κ1) is 14.0. The van der Waals surface area contributed by atoms with Gasteiger partial charge in [-0.15, -0.1) is 0 Å². The van der Waals surface area contributed by atoms with Gasteiger partial charge in [0.05, 0.1) is 24.6 Å². The second kappa shape index (κ2) is 6.14. The van der Waals surface area contributed by atoms with Crippen LogP contribution < -0.4 is 11.5 Å². The van der Waals surface area contributed by atoms with Crippen molar-refractivity contribution >= 4 is 22.7 Å². The molecule has 0 fully saturated rings. The quantitative estimate of drug-likeness (QED) is 0.504. The second-order valence-corrected chi connectivity index (χ2v) is 4.29. The molecule has 2 rings (SSSR count). The monoisotopic (exact) mass is 272 g/mol. The molecule has 0 atom stereocenters. The van der Waals surface area contributed by atoms with Crippen LogP contribution in [0.5, 0.6) is 0 Å². The Morgan fingerprint density at radius 3 is 2.05 bits per heavy atom. The lowest BCUT2D eigenvalue weighted by molar-refractivity contribution is 0.281. The molecular formula is C14H16N4O2. The molecule has 2 aromatic carbocycles. The van der Waals surface area contributed by atoms with Gasteiger partial charge in [-0.2, -0.15) is 10.2 Å². The smallest absolute Gasteiger partial charge is 0.0932 e. The Bertz CT molecular complexity index is 641. The van der Waals surface area contributed by atoms with E-state index < -0.39 is 0 Å². The van der Waals surface area contributed by atoms with Crippen LogP contribution in [0, 0.1) is 0 Å². The highest BCUT2D eigenvalue weighted by Crippen LogP contribution is 2.27. The predicted molar refractivity (Wildman–Crippen MR) is 77.7 cm³/mol. The Hall–Kier alpha value is -2.44. The number of rotatable bonds is 4. The largest absolute Gasteiger partial charge is 0.399 e. The molecule has 0 aliphatic rings. The summed E-state index contributed by atoms with van der Waals surface area (Å²) in [6.07, 6.45) is 0. The molecule has 0 aromatic heterocycles. The first-order valence-electron chi connectivity index (χ1n) is 6.04. The van der Waals surface area contributed by atoms with Gasteiger partial charge < -0.3 is 21.7 Å². The highest BCUT2D eigenvalue weighted by Gasteiger charge is 2.04. The number of azo groups is 1. The van der Waals surface area contributed by atoms with E-state index in [1.54, 1.807) is 36.4 Å². The van der Waals surface area contributed by atoms with Gasteiger partial charge in [0, 0.05) is 22.5 Å². The van der Waals surface area contributed by atoms with Crippen LogP contribution in [0.4, 0.5) is 22.7 Å². The Morgan fingerprint density at radius 2 is 1.35 bits per heavy atom. The summed E-state index contributed by atoms with van der Waals surface area (Å²) in [6, 6.07) is 10.0. The van der Waals surface area contributed by atoms with Crippen molar-refractivity contribution < 1.29 is 10.2 Å². The van der Waals surface area contributed by atoms with Crippen molar-refractivity contribution in [2.45, 2.75) is 13.2 Å². The lowest BCUT2D eigenvalue weighted by Gasteiger charge is -2.04. The molecular weight excluding hydrogens is 256 g/mol. The lowest BCUT2D eigenvalue weighted by Crippen LogP contribution is -1.90. The first-order chi connectivity index (χ1) is 9.63. The zero-order chi connectivity index (χ0) is 14.5. The number of nitrogen functional groups attached to an aromatic ring is 2. The van der Waals surface area contributed by atoms with E-state index in [9.17, 15) is 10.2 Å². The molecule has 104 valence electrons. The Kier molecular flexibility index (Phi) is 4.29. The number of hydrogen-bond donors (Lipinski definition) is 4. The maximum absolute atomic E-state index is 9.27. The van der Waals surface area contributed by atoms with Crippen molar-refractivity contribution in [1.82, 2.24) is 0 Å². The Labute approximate surface area is 116 Å². The molecule has 0 unspecified atom stereocenters. The van der Waals surface area contributed by atoms with Gasteiger partial charge in [0.15, 0.2) is 0 Å². The number of aliphatic hydroxyl groups excluding tert-OH is 2. The number of nitrogens with two attached hydrogens (primary N) is 2. The third-order valence-corrected chi connectivity index (χ3v) is 2.82. The topological polar surface area (TPSA) is 117 Å². The van der Waals surface area contributed by atoms with E-state index in [2.05, 4.69) is 10.2 Å². The van der Waals surface area contributed by atoms with Crippen LogP contribution in [0.2, 0.25) is 0 Å². The van der Waals surface area contributed by atoms with Gasteiger partial charge in [-0.25, -0.2) is 0 Å².